The van der Waals surface area contributed by atoms with Crippen molar-refractivity contribution < 1.29 is 14.6 Å². The van der Waals surface area contributed by atoms with Crippen molar-refractivity contribution >= 4 is 0 Å². The van der Waals surface area contributed by atoms with E-state index in [0.29, 0.717) is 19.3 Å². The van der Waals surface area contributed by atoms with Crippen LogP contribution in [0.3, 0.4) is 0 Å². The fraction of sp³-hybridized carbons (Fsp3) is 1.00. The third-order valence-electron chi connectivity index (χ3n) is 5.69. The van der Waals surface area contributed by atoms with Gasteiger partial charge in [0.1, 0.15) is 0 Å². The Morgan fingerprint density at radius 1 is 1.00 bits per heavy atom. The second-order valence-electron chi connectivity index (χ2n) is 6.81. The first-order valence-electron chi connectivity index (χ1n) is 8.20. The maximum Gasteiger partial charge on any atom is 0.170 e. The highest BCUT2D eigenvalue weighted by Crippen LogP contribution is 2.38. The minimum atomic E-state index is -0.392. The van der Waals surface area contributed by atoms with Gasteiger partial charge in [0.25, 0.3) is 0 Å². The summed E-state index contributed by atoms with van der Waals surface area (Å²) in [5, 5.41) is 10.4. The molecule has 0 amide bonds. The fourth-order valence-corrected chi connectivity index (χ4v) is 4.56. The van der Waals surface area contributed by atoms with E-state index < -0.39 is 5.79 Å². The van der Waals surface area contributed by atoms with Gasteiger partial charge in [-0.05, 0) is 25.8 Å². The van der Waals surface area contributed by atoms with Crippen LogP contribution in [0.25, 0.3) is 0 Å². The number of piperazine rings is 1. The molecule has 5 nitrogen and oxygen atoms in total. The average molecular weight is 282 g/mol. The largest absolute Gasteiger partial charge is 0.391 e. The molecular weight excluding hydrogens is 256 g/mol. The van der Waals surface area contributed by atoms with Crippen LogP contribution >= 0.6 is 0 Å². The maximum absolute atomic E-state index is 10.4. The van der Waals surface area contributed by atoms with Crippen LogP contribution in [0.5, 0.6) is 0 Å². The zero-order valence-corrected chi connectivity index (χ0v) is 12.2. The van der Waals surface area contributed by atoms with E-state index in [0.717, 1.165) is 38.9 Å². The van der Waals surface area contributed by atoms with Gasteiger partial charge in [0.15, 0.2) is 5.79 Å². The van der Waals surface area contributed by atoms with Gasteiger partial charge in [-0.25, -0.2) is 0 Å². The van der Waals surface area contributed by atoms with E-state index in [9.17, 15) is 5.11 Å². The molecule has 114 valence electrons. The van der Waals surface area contributed by atoms with Crippen LogP contribution in [0.4, 0.5) is 0 Å². The average Bonchev–Trinajstić information content (AvgIpc) is 3.10. The second-order valence-corrected chi connectivity index (χ2v) is 6.81. The van der Waals surface area contributed by atoms with E-state index in [1.807, 2.05) is 0 Å². The Labute approximate surface area is 120 Å². The lowest BCUT2D eigenvalue weighted by Crippen LogP contribution is -2.59. The van der Waals surface area contributed by atoms with E-state index in [2.05, 4.69) is 9.80 Å². The number of ether oxygens (including phenoxy) is 2. The molecule has 20 heavy (non-hydrogen) atoms. The smallest absolute Gasteiger partial charge is 0.170 e. The number of aliphatic hydroxyl groups excluding tert-OH is 1. The van der Waals surface area contributed by atoms with Crippen LogP contribution in [-0.2, 0) is 9.47 Å². The minimum absolute atomic E-state index is 0.213. The van der Waals surface area contributed by atoms with Gasteiger partial charge in [-0.15, -0.1) is 0 Å². The van der Waals surface area contributed by atoms with Crippen LogP contribution in [0.2, 0.25) is 0 Å². The highest BCUT2D eigenvalue weighted by molar-refractivity contribution is 4.97. The second kappa shape index (κ2) is 5.21. The molecule has 3 unspecified atom stereocenters. The molecule has 4 rings (SSSR count). The summed E-state index contributed by atoms with van der Waals surface area (Å²) in [6.45, 7) is 6.02. The molecule has 3 saturated heterocycles. The summed E-state index contributed by atoms with van der Waals surface area (Å²) in [5.41, 5.74) is 0. The number of aliphatic hydroxyl groups is 1. The molecule has 3 aliphatic heterocycles. The van der Waals surface area contributed by atoms with Gasteiger partial charge < -0.3 is 14.6 Å². The molecule has 4 fully saturated rings. The standard InChI is InChI=1S/C15H26N2O3/c18-14-3-4-15(19-8-9-20-15)10-13(14)17-7-6-16-5-1-2-12(16)11-17/h12-14,18H,1-11H2. The summed E-state index contributed by atoms with van der Waals surface area (Å²) in [7, 11) is 0. The van der Waals surface area contributed by atoms with E-state index in [1.54, 1.807) is 0 Å². The normalized spacial score (nSPS) is 42.1. The van der Waals surface area contributed by atoms with Gasteiger partial charge in [0.05, 0.1) is 19.3 Å². The highest BCUT2D eigenvalue weighted by atomic mass is 16.7. The lowest BCUT2D eigenvalue weighted by molar-refractivity contribution is -0.207. The summed E-state index contributed by atoms with van der Waals surface area (Å²) in [5.74, 6) is -0.392. The Kier molecular flexibility index (Phi) is 3.51. The number of hydrogen-bond donors (Lipinski definition) is 1. The lowest BCUT2D eigenvalue weighted by atomic mass is 9.86. The number of hydrogen-bond acceptors (Lipinski definition) is 5. The quantitative estimate of drug-likeness (QED) is 0.755. The van der Waals surface area contributed by atoms with Crippen molar-refractivity contribution in [2.45, 2.75) is 56.1 Å². The summed E-state index contributed by atoms with van der Waals surface area (Å²) in [6, 6.07) is 0.920. The molecule has 1 aliphatic carbocycles. The number of nitrogens with zero attached hydrogens (tertiary/aromatic N) is 2. The first-order valence-corrected chi connectivity index (χ1v) is 8.20. The lowest BCUT2D eigenvalue weighted by Gasteiger charge is -2.47. The van der Waals surface area contributed by atoms with Crippen LogP contribution in [-0.4, -0.2) is 78.3 Å². The van der Waals surface area contributed by atoms with Crippen molar-refractivity contribution in [2.24, 2.45) is 0 Å². The molecule has 3 heterocycles. The highest BCUT2D eigenvalue weighted by Gasteiger charge is 2.47. The molecule has 0 aromatic carbocycles. The molecule has 0 bridgehead atoms. The predicted octanol–water partition coefficient (Wildman–Crippen LogP) is 0.423. The molecule has 1 saturated carbocycles. The third kappa shape index (κ3) is 2.29. The van der Waals surface area contributed by atoms with E-state index in [1.165, 1.54) is 19.4 Å². The van der Waals surface area contributed by atoms with Crippen LogP contribution in [0.1, 0.15) is 32.1 Å². The Morgan fingerprint density at radius 3 is 2.65 bits per heavy atom. The molecule has 0 aromatic heterocycles. The Hall–Kier alpha value is -0.200. The first kappa shape index (κ1) is 13.5. The Bertz CT molecular complexity index is 359. The molecule has 3 atom stereocenters. The fourth-order valence-electron chi connectivity index (χ4n) is 4.56. The molecule has 4 aliphatic rings. The van der Waals surface area contributed by atoms with E-state index >= 15 is 0 Å². The van der Waals surface area contributed by atoms with Crippen LogP contribution in [0.15, 0.2) is 0 Å². The van der Waals surface area contributed by atoms with Gasteiger partial charge in [-0.2, -0.15) is 0 Å². The van der Waals surface area contributed by atoms with Crippen molar-refractivity contribution in [1.82, 2.24) is 9.80 Å². The third-order valence-corrected chi connectivity index (χ3v) is 5.69. The topological polar surface area (TPSA) is 45.2 Å². The predicted molar refractivity (Wildman–Crippen MR) is 74.4 cm³/mol. The van der Waals surface area contributed by atoms with Crippen molar-refractivity contribution in [2.75, 3.05) is 39.4 Å². The molecule has 1 N–H and O–H groups in total. The molecule has 0 aromatic rings. The summed E-state index contributed by atoms with van der Waals surface area (Å²) < 4.78 is 11.7. The van der Waals surface area contributed by atoms with Gasteiger partial charge >= 0.3 is 0 Å². The van der Waals surface area contributed by atoms with Crippen LogP contribution in [0, 0.1) is 0 Å². The SMILES string of the molecule is OC1CCC2(CC1N1CCN3CCCC3C1)OCCO2. The van der Waals surface area contributed by atoms with E-state index in [4.69, 9.17) is 9.47 Å². The molecule has 1 spiro atoms. The zero-order chi connectivity index (χ0) is 13.6. The van der Waals surface area contributed by atoms with Gasteiger partial charge in [0, 0.05) is 44.6 Å². The Morgan fingerprint density at radius 2 is 1.80 bits per heavy atom. The van der Waals surface area contributed by atoms with Crippen molar-refractivity contribution in [1.29, 1.82) is 0 Å². The van der Waals surface area contributed by atoms with Gasteiger partial charge in [-0.1, -0.05) is 0 Å². The van der Waals surface area contributed by atoms with Crippen molar-refractivity contribution in [3.05, 3.63) is 0 Å². The summed E-state index contributed by atoms with van der Waals surface area (Å²) in [4.78, 5) is 5.12. The van der Waals surface area contributed by atoms with Gasteiger partial charge in [0.2, 0.25) is 0 Å². The summed E-state index contributed by atoms with van der Waals surface area (Å²) in [6.07, 6.45) is 4.91. The zero-order valence-electron chi connectivity index (χ0n) is 12.2. The molecule has 5 heteroatoms. The Balaban J connectivity index is 1.45. The number of rotatable bonds is 1. The van der Waals surface area contributed by atoms with E-state index in [-0.39, 0.29) is 12.1 Å². The summed E-state index contributed by atoms with van der Waals surface area (Å²) >= 11 is 0. The molecule has 0 radical (unpaired) electrons. The minimum Gasteiger partial charge on any atom is -0.391 e. The monoisotopic (exact) mass is 282 g/mol. The first-order chi connectivity index (χ1) is 9.76. The maximum atomic E-state index is 10.4. The van der Waals surface area contributed by atoms with Crippen molar-refractivity contribution in [3.8, 4) is 0 Å². The number of fused-ring (bicyclic) bond motifs is 1. The van der Waals surface area contributed by atoms with Crippen molar-refractivity contribution in [3.63, 3.8) is 0 Å². The van der Waals surface area contributed by atoms with Gasteiger partial charge in [-0.3, -0.25) is 9.80 Å². The van der Waals surface area contributed by atoms with Crippen LogP contribution < -0.4 is 0 Å². The molecular formula is C15H26N2O3.